The summed E-state index contributed by atoms with van der Waals surface area (Å²) in [5.74, 6) is 0.643. The molecular weight excluding hydrogens is 502 g/mol. The fraction of sp³-hybridized carbons (Fsp3) is 0. The number of thiazole rings is 1. The Morgan fingerprint density at radius 3 is 2.63 bits per heavy atom. The third-order valence-electron chi connectivity index (χ3n) is 6.05. The van der Waals surface area contributed by atoms with Gasteiger partial charge < -0.3 is 8.83 Å². The minimum atomic E-state index is -0.521. The van der Waals surface area contributed by atoms with Gasteiger partial charge in [-0.15, -0.1) is 11.3 Å². The molecule has 3 aromatic carbocycles. The molecule has 9 heteroatoms. The van der Waals surface area contributed by atoms with Crippen LogP contribution in [-0.2, 0) is 0 Å². The Morgan fingerprint density at radius 1 is 0.974 bits per heavy atom. The highest BCUT2D eigenvalue weighted by Crippen LogP contribution is 2.33. The number of nitro benzene ring substituents is 1. The van der Waals surface area contributed by atoms with Crippen LogP contribution in [0.5, 0.6) is 0 Å². The maximum Gasteiger partial charge on any atom is 0.345 e. The van der Waals surface area contributed by atoms with Crippen LogP contribution in [0.1, 0.15) is 10.8 Å². The molecule has 3 heterocycles. The predicted molar refractivity (Wildman–Crippen MR) is 145 cm³/mol. The fourth-order valence-corrected chi connectivity index (χ4v) is 5.06. The van der Waals surface area contributed by atoms with Gasteiger partial charge in [-0.1, -0.05) is 42.5 Å². The van der Waals surface area contributed by atoms with Crippen LogP contribution in [0.4, 0.5) is 5.69 Å². The molecule has 182 valence electrons. The number of nitro groups is 1. The SMILES string of the molecule is N#CC(=Cc1ccc(-c2ccccc2[N+](=O)[O-])o1)c1nc(-c2cc3c(ccc4ccccc43)oc2=O)cs1. The second-order valence-corrected chi connectivity index (χ2v) is 9.19. The van der Waals surface area contributed by atoms with E-state index in [0.717, 1.165) is 16.2 Å². The minimum Gasteiger partial charge on any atom is -0.456 e. The minimum absolute atomic E-state index is 0.0792. The van der Waals surface area contributed by atoms with E-state index in [1.807, 2.05) is 30.3 Å². The van der Waals surface area contributed by atoms with Crippen molar-refractivity contribution in [2.75, 3.05) is 0 Å². The highest BCUT2D eigenvalue weighted by molar-refractivity contribution is 7.11. The maximum atomic E-state index is 12.8. The van der Waals surface area contributed by atoms with E-state index >= 15 is 0 Å². The summed E-state index contributed by atoms with van der Waals surface area (Å²) in [7, 11) is 0. The summed E-state index contributed by atoms with van der Waals surface area (Å²) in [5, 5.41) is 26.0. The molecule has 0 aliphatic heterocycles. The average molecular weight is 518 g/mol. The first-order chi connectivity index (χ1) is 18.5. The lowest BCUT2D eigenvalue weighted by Crippen LogP contribution is -2.03. The molecule has 0 amide bonds. The number of allylic oxidation sites excluding steroid dienone is 1. The summed E-state index contributed by atoms with van der Waals surface area (Å²) < 4.78 is 11.4. The van der Waals surface area contributed by atoms with Gasteiger partial charge in [0, 0.05) is 22.9 Å². The van der Waals surface area contributed by atoms with Gasteiger partial charge in [0.2, 0.25) is 0 Å². The zero-order chi connectivity index (χ0) is 26.2. The van der Waals surface area contributed by atoms with Crippen molar-refractivity contribution in [2.45, 2.75) is 0 Å². The molecule has 0 atom stereocenters. The number of aromatic nitrogens is 1. The summed E-state index contributed by atoms with van der Waals surface area (Å²) in [6.07, 6.45) is 1.51. The van der Waals surface area contributed by atoms with Crippen molar-refractivity contribution in [3.8, 4) is 28.7 Å². The van der Waals surface area contributed by atoms with Crippen molar-refractivity contribution in [3.63, 3.8) is 0 Å². The second-order valence-electron chi connectivity index (χ2n) is 8.33. The van der Waals surface area contributed by atoms with Crippen LogP contribution < -0.4 is 5.63 Å². The summed E-state index contributed by atoms with van der Waals surface area (Å²) in [4.78, 5) is 28.2. The van der Waals surface area contributed by atoms with Crippen molar-refractivity contribution >= 4 is 50.4 Å². The normalized spacial score (nSPS) is 11.6. The number of furan rings is 1. The topological polar surface area (TPSA) is 123 Å². The molecule has 0 aliphatic rings. The van der Waals surface area contributed by atoms with Gasteiger partial charge in [-0.05, 0) is 41.1 Å². The van der Waals surface area contributed by atoms with E-state index in [4.69, 9.17) is 8.83 Å². The molecule has 0 N–H and O–H groups in total. The summed E-state index contributed by atoms with van der Waals surface area (Å²) in [6.45, 7) is 0. The van der Waals surface area contributed by atoms with E-state index < -0.39 is 10.5 Å². The zero-order valence-electron chi connectivity index (χ0n) is 19.5. The van der Waals surface area contributed by atoms with Crippen molar-refractivity contribution < 1.29 is 13.8 Å². The van der Waals surface area contributed by atoms with E-state index in [1.54, 1.807) is 47.8 Å². The van der Waals surface area contributed by atoms with E-state index in [0.29, 0.717) is 38.9 Å². The standard InChI is InChI=1S/C29H15N3O5S/c30-15-18(13-19-10-12-26(36-19)21-7-3-4-8-25(21)32(34)35)28-31-24(16-38-28)23-14-22-20-6-2-1-5-17(20)9-11-27(22)37-29(23)33/h1-14,16H. The average Bonchev–Trinajstić information content (AvgIpc) is 3.61. The van der Waals surface area contributed by atoms with Crippen molar-refractivity contribution in [1.29, 1.82) is 5.26 Å². The number of benzene rings is 3. The molecule has 6 rings (SSSR count). The smallest absolute Gasteiger partial charge is 0.345 e. The molecule has 38 heavy (non-hydrogen) atoms. The third kappa shape index (κ3) is 4.05. The Morgan fingerprint density at radius 2 is 1.79 bits per heavy atom. The Bertz CT molecular complexity index is 2010. The first-order valence-electron chi connectivity index (χ1n) is 11.4. The van der Waals surface area contributed by atoms with Crippen LogP contribution in [0, 0.1) is 21.4 Å². The molecule has 8 nitrogen and oxygen atoms in total. The van der Waals surface area contributed by atoms with Gasteiger partial charge in [-0.2, -0.15) is 5.26 Å². The van der Waals surface area contributed by atoms with E-state index in [9.17, 15) is 20.2 Å². The largest absolute Gasteiger partial charge is 0.456 e. The number of nitrogens with zero attached hydrogens (tertiary/aromatic N) is 3. The quantitative estimate of drug-likeness (QED) is 0.0772. The molecule has 6 aromatic rings. The third-order valence-corrected chi connectivity index (χ3v) is 6.93. The van der Waals surface area contributed by atoms with Crippen LogP contribution in [0.2, 0.25) is 0 Å². The van der Waals surface area contributed by atoms with Crippen molar-refractivity contribution in [1.82, 2.24) is 4.98 Å². The molecular formula is C29H15N3O5S. The molecule has 0 fully saturated rings. The second kappa shape index (κ2) is 9.28. The monoisotopic (exact) mass is 517 g/mol. The number of para-hydroxylation sites is 1. The molecule has 0 aliphatic carbocycles. The summed E-state index contributed by atoms with van der Waals surface area (Å²) in [5.41, 5.74) is 1.14. The van der Waals surface area contributed by atoms with Crippen LogP contribution in [-0.4, -0.2) is 9.91 Å². The van der Waals surface area contributed by atoms with Gasteiger partial charge in [-0.25, -0.2) is 9.78 Å². The zero-order valence-corrected chi connectivity index (χ0v) is 20.3. The van der Waals surface area contributed by atoms with Crippen LogP contribution in [0.3, 0.4) is 0 Å². The van der Waals surface area contributed by atoms with Gasteiger partial charge in [0.1, 0.15) is 28.2 Å². The van der Waals surface area contributed by atoms with Crippen LogP contribution >= 0.6 is 11.3 Å². The maximum absolute atomic E-state index is 12.8. The number of rotatable bonds is 5. The van der Waals surface area contributed by atoms with Crippen LogP contribution in [0.15, 0.2) is 97.9 Å². The highest BCUT2D eigenvalue weighted by atomic mass is 32.1. The Kier molecular flexibility index (Phi) is 5.64. The Labute approximate surface area is 218 Å². The lowest BCUT2D eigenvalue weighted by atomic mass is 10.0. The van der Waals surface area contributed by atoms with Crippen LogP contribution in [0.25, 0.3) is 56.0 Å². The van der Waals surface area contributed by atoms with E-state index in [1.165, 1.54) is 23.5 Å². The van der Waals surface area contributed by atoms with E-state index in [2.05, 4.69) is 11.1 Å². The molecule has 0 radical (unpaired) electrons. The fourth-order valence-electron chi connectivity index (χ4n) is 4.27. The van der Waals surface area contributed by atoms with Gasteiger partial charge in [-0.3, -0.25) is 10.1 Å². The number of hydrogen-bond donors (Lipinski definition) is 0. The molecule has 0 saturated heterocycles. The first kappa shape index (κ1) is 23.1. The van der Waals surface area contributed by atoms with Crippen molar-refractivity contribution in [2.24, 2.45) is 0 Å². The lowest BCUT2D eigenvalue weighted by molar-refractivity contribution is -0.384. The summed E-state index contributed by atoms with van der Waals surface area (Å²) in [6, 6.07) is 24.9. The molecule has 0 spiro atoms. The molecule has 0 bridgehead atoms. The number of nitriles is 1. The summed E-state index contributed by atoms with van der Waals surface area (Å²) >= 11 is 1.21. The van der Waals surface area contributed by atoms with Gasteiger partial charge in [0.05, 0.1) is 27.3 Å². The number of hydrogen-bond acceptors (Lipinski definition) is 8. The van der Waals surface area contributed by atoms with E-state index in [-0.39, 0.29) is 11.3 Å². The highest BCUT2D eigenvalue weighted by Gasteiger charge is 2.18. The molecule has 3 aromatic heterocycles. The van der Waals surface area contributed by atoms with Gasteiger partial charge in [0.15, 0.2) is 0 Å². The first-order valence-corrected chi connectivity index (χ1v) is 12.3. The lowest BCUT2D eigenvalue weighted by Gasteiger charge is -2.04. The molecule has 0 unspecified atom stereocenters. The van der Waals surface area contributed by atoms with Gasteiger partial charge in [0.25, 0.3) is 5.69 Å². The van der Waals surface area contributed by atoms with Gasteiger partial charge >= 0.3 is 5.63 Å². The Balaban J connectivity index is 1.37. The predicted octanol–water partition coefficient (Wildman–Crippen LogP) is 7.30. The van der Waals surface area contributed by atoms with Crippen molar-refractivity contribution in [3.05, 3.63) is 116 Å². The molecule has 0 saturated carbocycles. The Hall–Kier alpha value is -5.33. The number of fused-ring (bicyclic) bond motifs is 3.